The van der Waals surface area contributed by atoms with Gasteiger partial charge in [0.05, 0.1) is 19.1 Å². The van der Waals surface area contributed by atoms with Crippen LogP contribution in [0.2, 0.25) is 0 Å². The Bertz CT molecular complexity index is 971. The number of nitrogens with zero attached hydrogens (tertiary/aromatic N) is 2. The maximum absolute atomic E-state index is 12.6. The summed E-state index contributed by atoms with van der Waals surface area (Å²) in [6, 6.07) is 14.7. The molecule has 1 N–H and O–H groups in total. The number of anilines is 1. The highest BCUT2D eigenvalue weighted by Crippen LogP contribution is 2.21. The van der Waals surface area contributed by atoms with Gasteiger partial charge in [-0.2, -0.15) is 0 Å². The highest BCUT2D eigenvalue weighted by atomic mass is 32.2. The molecule has 168 valence electrons. The van der Waals surface area contributed by atoms with Gasteiger partial charge in [0.15, 0.2) is 0 Å². The van der Waals surface area contributed by atoms with Crippen LogP contribution in [-0.2, 0) is 27.9 Å². The SMILES string of the molecule is COc1ccc(N(CC(=O)NCc2ccccc2CN2CCCCC2)S(C)(=O)=O)cc1. The second-order valence-electron chi connectivity index (χ2n) is 7.85. The molecule has 2 aromatic carbocycles. The molecule has 0 bridgehead atoms. The molecule has 0 spiro atoms. The van der Waals surface area contributed by atoms with Gasteiger partial charge < -0.3 is 10.1 Å². The number of benzene rings is 2. The standard InChI is InChI=1S/C23H31N3O4S/c1-30-22-12-10-21(11-13-22)26(31(2,28)29)18-23(27)24-16-19-8-4-5-9-20(19)17-25-14-6-3-7-15-25/h4-5,8-13H,3,6-7,14-18H2,1-2H3,(H,24,27). The second kappa shape index (κ2) is 10.6. The number of likely N-dealkylation sites (tertiary alicyclic amines) is 1. The summed E-state index contributed by atoms with van der Waals surface area (Å²) in [7, 11) is -2.08. The van der Waals surface area contributed by atoms with Crippen molar-refractivity contribution in [1.82, 2.24) is 10.2 Å². The molecule has 1 aliphatic heterocycles. The number of piperidine rings is 1. The Morgan fingerprint density at radius 2 is 1.68 bits per heavy atom. The summed E-state index contributed by atoms with van der Waals surface area (Å²) in [5, 5.41) is 2.88. The average Bonchev–Trinajstić information content (AvgIpc) is 2.77. The van der Waals surface area contributed by atoms with Gasteiger partial charge in [-0.25, -0.2) is 8.42 Å². The number of ether oxygens (including phenoxy) is 1. The van der Waals surface area contributed by atoms with E-state index in [0.717, 1.165) is 35.8 Å². The Hall–Kier alpha value is -2.58. The molecule has 2 aromatic rings. The Balaban J connectivity index is 1.64. The van der Waals surface area contributed by atoms with E-state index in [1.165, 1.54) is 24.8 Å². The van der Waals surface area contributed by atoms with Crippen LogP contribution in [-0.4, -0.2) is 52.2 Å². The van der Waals surface area contributed by atoms with Gasteiger partial charge in [0, 0.05) is 13.1 Å². The molecule has 31 heavy (non-hydrogen) atoms. The van der Waals surface area contributed by atoms with Gasteiger partial charge in [-0.15, -0.1) is 0 Å². The first-order valence-corrected chi connectivity index (χ1v) is 12.4. The van der Waals surface area contributed by atoms with Crippen molar-refractivity contribution in [3.63, 3.8) is 0 Å². The van der Waals surface area contributed by atoms with Gasteiger partial charge >= 0.3 is 0 Å². The molecule has 3 rings (SSSR count). The molecule has 0 atom stereocenters. The fourth-order valence-electron chi connectivity index (χ4n) is 3.77. The van der Waals surface area contributed by atoms with E-state index in [0.29, 0.717) is 18.0 Å². The molecule has 0 aromatic heterocycles. The molecular weight excluding hydrogens is 414 g/mol. The summed E-state index contributed by atoms with van der Waals surface area (Å²) in [6.45, 7) is 3.16. The normalized spacial score (nSPS) is 14.8. The van der Waals surface area contributed by atoms with E-state index in [-0.39, 0.29) is 12.5 Å². The van der Waals surface area contributed by atoms with Gasteiger partial charge in [0.25, 0.3) is 0 Å². The summed E-state index contributed by atoms with van der Waals surface area (Å²) in [6.07, 6.45) is 4.84. The zero-order chi connectivity index (χ0) is 22.3. The number of nitrogens with one attached hydrogen (secondary N) is 1. The number of methoxy groups -OCH3 is 1. The number of carbonyl (C=O) groups excluding carboxylic acids is 1. The van der Waals surface area contributed by atoms with Crippen LogP contribution < -0.4 is 14.4 Å². The van der Waals surface area contributed by atoms with Crippen LogP contribution in [0.4, 0.5) is 5.69 Å². The Labute approximate surface area is 185 Å². The fraction of sp³-hybridized carbons (Fsp3) is 0.435. The van der Waals surface area contributed by atoms with Crippen molar-refractivity contribution in [1.29, 1.82) is 0 Å². The van der Waals surface area contributed by atoms with Crippen molar-refractivity contribution < 1.29 is 17.9 Å². The van der Waals surface area contributed by atoms with Crippen molar-refractivity contribution >= 4 is 21.6 Å². The number of hydrogen-bond acceptors (Lipinski definition) is 5. The lowest BCUT2D eigenvalue weighted by atomic mass is 10.0. The third-order valence-electron chi connectivity index (χ3n) is 5.48. The lowest BCUT2D eigenvalue weighted by Crippen LogP contribution is -2.40. The third-order valence-corrected chi connectivity index (χ3v) is 6.63. The predicted molar refractivity (Wildman–Crippen MR) is 123 cm³/mol. The van der Waals surface area contributed by atoms with E-state index >= 15 is 0 Å². The number of hydrogen-bond donors (Lipinski definition) is 1. The van der Waals surface area contributed by atoms with Crippen LogP contribution in [0.15, 0.2) is 48.5 Å². The van der Waals surface area contributed by atoms with E-state index in [1.54, 1.807) is 31.4 Å². The molecule has 0 saturated carbocycles. The van der Waals surface area contributed by atoms with Crippen molar-refractivity contribution in [3.05, 3.63) is 59.7 Å². The van der Waals surface area contributed by atoms with E-state index < -0.39 is 10.0 Å². The average molecular weight is 446 g/mol. The first-order chi connectivity index (χ1) is 14.9. The van der Waals surface area contributed by atoms with Crippen LogP contribution >= 0.6 is 0 Å². The Morgan fingerprint density at radius 3 is 2.29 bits per heavy atom. The summed E-state index contributed by atoms with van der Waals surface area (Å²) >= 11 is 0. The first kappa shape index (κ1) is 23.1. The summed E-state index contributed by atoms with van der Waals surface area (Å²) in [5.74, 6) is 0.265. The molecule has 0 unspecified atom stereocenters. The smallest absolute Gasteiger partial charge is 0.241 e. The van der Waals surface area contributed by atoms with Crippen LogP contribution in [0.1, 0.15) is 30.4 Å². The topological polar surface area (TPSA) is 79.0 Å². The first-order valence-electron chi connectivity index (χ1n) is 10.5. The molecule has 1 fully saturated rings. The number of sulfonamides is 1. The largest absolute Gasteiger partial charge is 0.497 e. The van der Waals surface area contributed by atoms with E-state index in [2.05, 4.69) is 16.3 Å². The maximum atomic E-state index is 12.6. The molecular formula is C23H31N3O4S. The number of amides is 1. The number of carbonyl (C=O) groups is 1. The van der Waals surface area contributed by atoms with Gasteiger partial charge in [0.1, 0.15) is 12.3 Å². The zero-order valence-electron chi connectivity index (χ0n) is 18.2. The molecule has 7 nitrogen and oxygen atoms in total. The lowest BCUT2D eigenvalue weighted by Gasteiger charge is -2.27. The summed E-state index contributed by atoms with van der Waals surface area (Å²) in [4.78, 5) is 15.1. The zero-order valence-corrected chi connectivity index (χ0v) is 19.0. The minimum absolute atomic E-state index is 0.278. The van der Waals surface area contributed by atoms with Crippen LogP contribution in [0, 0.1) is 0 Å². The molecule has 8 heteroatoms. The van der Waals surface area contributed by atoms with E-state index in [9.17, 15) is 13.2 Å². The van der Waals surface area contributed by atoms with E-state index in [4.69, 9.17) is 4.74 Å². The minimum atomic E-state index is -3.62. The van der Waals surface area contributed by atoms with Crippen LogP contribution in [0.5, 0.6) is 5.75 Å². The Kier molecular flexibility index (Phi) is 7.92. The molecule has 0 aliphatic carbocycles. The monoisotopic (exact) mass is 445 g/mol. The molecule has 0 radical (unpaired) electrons. The number of rotatable bonds is 9. The minimum Gasteiger partial charge on any atom is -0.497 e. The van der Waals surface area contributed by atoms with Gasteiger partial charge in [-0.3, -0.25) is 14.0 Å². The van der Waals surface area contributed by atoms with Crippen LogP contribution in [0.3, 0.4) is 0 Å². The van der Waals surface area contributed by atoms with Crippen molar-refractivity contribution in [2.24, 2.45) is 0 Å². The highest BCUT2D eigenvalue weighted by Gasteiger charge is 2.21. The van der Waals surface area contributed by atoms with Gasteiger partial charge in [-0.05, 0) is 61.3 Å². The second-order valence-corrected chi connectivity index (χ2v) is 9.76. The predicted octanol–water partition coefficient (Wildman–Crippen LogP) is 2.76. The lowest BCUT2D eigenvalue weighted by molar-refractivity contribution is -0.119. The van der Waals surface area contributed by atoms with Gasteiger partial charge in [0.2, 0.25) is 15.9 Å². The quantitative estimate of drug-likeness (QED) is 0.642. The van der Waals surface area contributed by atoms with E-state index in [1.807, 2.05) is 18.2 Å². The van der Waals surface area contributed by atoms with Crippen molar-refractivity contribution in [2.45, 2.75) is 32.4 Å². The molecule has 1 amide bonds. The fourth-order valence-corrected chi connectivity index (χ4v) is 4.63. The molecule has 1 heterocycles. The van der Waals surface area contributed by atoms with Crippen molar-refractivity contribution in [2.75, 3.05) is 37.3 Å². The highest BCUT2D eigenvalue weighted by molar-refractivity contribution is 7.92. The Morgan fingerprint density at radius 1 is 1.03 bits per heavy atom. The summed E-state index contributed by atoms with van der Waals surface area (Å²) < 4.78 is 30.8. The summed E-state index contributed by atoms with van der Waals surface area (Å²) in [5.41, 5.74) is 2.67. The molecule has 1 aliphatic rings. The maximum Gasteiger partial charge on any atom is 0.241 e. The van der Waals surface area contributed by atoms with Crippen LogP contribution in [0.25, 0.3) is 0 Å². The van der Waals surface area contributed by atoms with Crippen molar-refractivity contribution in [3.8, 4) is 5.75 Å². The van der Waals surface area contributed by atoms with Gasteiger partial charge in [-0.1, -0.05) is 30.7 Å². The third kappa shape index (κ3) is 6.70. The molecule has 1 saturated heterocycles.